The fourth-order valence-corrected chi connectivity index (χ4v) is 2.95. The zero-order valence-corrected chi connectivity index (χ0v) is 10.4. The Kier molecular flexibility index (Phi) is 5.90. The lowest BCUT2D eigenvalue weighted by Crippen LogP contribution is -2.43. The van der Waals surface area contributed by atoms with Crippen LogP contribution in [0.2, 0.25) is 0 Å². The van der Waals surface area contributed by atoms with Crippen molar-refractivity contribution in [1.82, 2.24) is 4.90 Å². The molecule has 0 amide bonds. The summed E-state index contributed by atoms with van der Waals surface area (Å²) in [6.45, 7) is 2.01. The standard InChI is InChI=1S/C11H24N2S/c1-13(7-8-14-2)11(9-12)10-5-3-4-6-10/h10-11H,3-9,12H2,1-2H3. The lowest BCUT2D eigenvalue weighted by molar-refractivity contribution is 0.191. The van der Waals surface area contributed by atoms with E-state index in [-0.39, 0.29) is 0 Å². The summed E-state index contributed by atoms with van der Waals surface area (Å²) in [5, 5.41) is 0. The molecule has 0 saturated heterocycles. The lowest BCUT2D eigenvalue weighted by atomic mass is 9.97. The van der Waals surface area contributed by atoms with Gasteiger partial charge in [0, 0.05) is 24.9 Å². The third kappa shape index (κ3) is 3.44. The van der Waals surface area contributed by atoms with Crippen molar-refractivity contribution in [2.24, 2.45) is 11.7 Å². The second kappa shape index (κ2) is 6.70. The van der Waals surface area contributed by atoms with Crippen LogP contribution in [0.15, 0.2) is 0 Å². The molecule has 1 atom stereocenters. The molecule has 1 fully saturated rings. The van der Waals surface area contributed by atoms with E-state index in [0.717, 1.165) is 12.5 Å². The summed E-state index contributed by atoms with van der Waals surface area (Å²) in [7, 11) is 2.23. The second-order valence-corrected chi connectivity index (χ2v) is 5.31. The van der Waals surface area contributed by atoms with E-state index in [2.05, 4.69) is 18.2 Å². The van der Waals surface area contributed by atoms with Crippen LogP contribution in [0.5, 0.6) is 0 Å². The van der Waals surface area contributed by atoms with Gasteiger partial charge in [0.1, 0.15) is 0 Å². The molecule has 0 aromatic heterocycles. The van der Waals surface area contributed by atoms with E-state index in [4.69, 9.17) is 5.73 Å². The molecule has 2 nitrogen and oxygen atoms in total. The van der Waals surface area contributed by atoms with Gasteiger partial charge in [0.2, 0.25) is 0 Å². The van der Waals surface area contributed by atoms with Crippen LogP contribution in [-0.2, 0) is 0 Å². The van der Waals surface area contributed by atoms with Gasteiger partial charge in [-0.05, 0) is 32.1 Å². The van der Waals surface area contributed by atoms with E-state index in [1.165, 1.54) is 38.0 Å². The molecule has 1 unspecified atom stereocenters. The molecule has 0 radical (unpaired) electrons. The first-order chi connectivity index (χ1) is 6.79. The van der Waals surface area contributed by atoms with Crippen molar-refractivity contribution in [3.63, 3.8) is 0 Å². The zero-order chi connectivity index (χ0) is 10.4. The van der Waals surface area contributed by atoms with Crippen molar-refractivity contribution in [2.45, 2.75) is 31.7 Å². The van der Waals surface area contributed by atoms with E-state index in [9.17, 15) is 0 Å². The molecule has 3 heteroatoms. The highest BCUT2D eigenvalue weighted by Crippen LogP contribution is 2.29. The molecular formula is C11H24N2S. The summed E-state index contributed by atoms with van der Waals surface area (Å²) >= 11 is 1.92. The zero-order valence-electron chi connectivity index (χ0n) is 9.54. The fraction of sp³-hybridized carbons (Fsp3) is 1.00. The summed E-state index contributed by atoms with van der Waals surface area (Å²) in [4.78, 5) is 2.46. The number of nitrogens with two attached hydrogens (primary N) is 1. The van der Waals surface area contributed by atoms with Gasteiger partial charge in [-0.3, -0.25) is 0 Å². The molecule has 1 rings (SSSR count). The molecule has 1 aliphatic rings. The highest BCUT2D eigenvalue weighted by Gasteiger charge is 2.26. The Hall–Kier alpha value is 0.270. The molecule has 1 aliphatic carbocycles. The number of rotatable bonds is 6. The third-order valence-electron chi connectivity index (χ3n) is 3.40. The predicted molar refractivity (Wildman–Crippen MR) is 65.8 cm³/mol. The Morgan fingerprint density at radius 3 is 2.57 bits per heavy atom. The van der Waals surface area contributed by atoms with Gasteiger partial charge >= 0.3 is 0 Å². The largest absolute Gasteiger partial charge is 0.329 e. The Balaban J connectivity index is 2.34. The van der Waals surface area contributed by atoms with Crippen LogP contribution in [0.3, 0.4) is 0 Å². The monoisotopic (exact) mass is 216 g/mol. The smallest absolute Gasteiger partial charge is 0.0243 e. The lowest BCUT2D eigenvalue weighted by Gasteiger charge is -2.31. The molecule has 2 N–H and O–H groups in total. The van der Waals surface area contributed by atoms with Gasteiger partial charge < -0.3 is 10.6 Å². The number of nitrogens with zero attached hydrogens (tertiary/aromatic N) is 1. The average molecular weight is 216 g/mol. The summed E-state index contributed by atoms with van der Waals surface area (Å²) in [6, 6.07) is 0.629. The van der Waals surface area contributed by atoms with Crippen LogP contribution >= 0.6 is 11.8 Å². The van der Waals surface area contributed by atoms with Gasteiger partial charge in [-0.1, -0.05) is 12.8 Å². The Labute approximate surface area is 92.6 Å². The summed E-state index contributed by atoms with van der Waals surface area (Å²) < 4.78 is 0. The highest BCUT2D eigenvalue weighted by molar-refractivity contribution is 7.98. The first kappa shape index (κ1) is 12.3. The van der Waals surface area contributed by atoms with Crippen LogP contribution in [0.1, 0.15) is 25.7 Å². The molecule has 14 heavy (non-hydrogen) atoms. The van der Waals surface area contributed by atoms with Gasteiger partial charge in [-0.25, -0.2) is 0 Å². The number of thioether (sulfide) groups is 1. The molecule has 0 aromatic rings. The van der Waals surface area contributed by atoms with Crippen molar-refractivity contribution in [2.75, 3.05) is 32.1 Å². The first-order valence-corrected chi connectivity index (χ1v) is 7.08. The van der Waals surface area contributed by atoms with Gasteiger partial charge in [-0.15, -0.1) is 0 Å². The SMILES string of the molecule is CSCCN(C)C(CN)C1CCCC1. The van der Waals surface area contributed by atoms with E-state index in [0.29, 0.717) is 6.04 Å². The molecular weight excluding hydrogens is 192 g/mol. The van der Waals surface area contributed by atoms with Gasteiger partial charge in [0.05, 0.1) is 0 Å². The molecule has 0 aliphatic heterocycles. The number of likely N-dealkylation sites (N-methyl/N-ethyl adjacent to an activating group) is 1. The second-order valence-electron chi connectivity index (χ2n) is 4.32. The molecule has 84 valence electrons. The maximum absolute atomic E-state index is 5.88. The maximum Gasteiger partial charge on any atom is 0.0243 e. The maximum atomic E-state index is 5.88. The molecule has 0 bridgehead atoms. The Morgan fingerprint density at radius 2 is 2.07 bits per heavy atom. The molecule has 0 spiro atoms. The average Bonchev–Trinajstić information content (AvgIpc) is 2.69. The Morgan fingerprint density at radius 1 is 1.43 bits per heavy atom. The van der Waals surface area contributed by atoms with E-state index in [1.54, 1.807) is 0 Å². The van der Waals surface area contributed by atoms with Crippen molar-refractivity contribution < 1.29 is 0 Å². The van der Waals surface area contributed by atoms with Crippen molar-refractivity contribution in [3.05, 3.63) is 0 Å². The van der Waals surface area contributed by atoms with E-state index >= 15 is 0 Å². The van der Waals surface area contributed by atoms with E-state index in [1.807, 2.05) is 11.8 Å². The Bertz CT molecular complexity index is 146. The number of hydrogen-bond acceptors (Lipinski definition) is 3. The van der Waals surface area contributed by atoms with Crippen molar-refractivity contribution in [3.8, 4) is 0 Å². The van der Waals surface area contributed by atoms with Crippen molar-refractivity contribution >= 4 is 11.8 Å². The molecule has 0 heterocycles. The number of hydrogen-bond donors (Lipinski definition) is 1. The highest BCUT2D eigenvalue weighted by atomic mass is 32.2. The van der Waals surface area contributed by atoms with Crippen LogP contribution in [-0.4, -0.2) is 43.1 Å². The first-order valence-electron chi connectivity index (χ1n) is 5.68. The minimum absolute atomic E-state index is 0.629. The van der Waals surface area contributed by atoms with Gasteiger partial charge in [0.15, 0.2) is 0 Å². The fourth-order valence-electron chi connectivity index (χ4n) is 2.48. The third-order valence-corrected chi connectivity index (χ3v) is 3.99. The van der Waals surface area contributed by atoms with Gasteiger partial charge in [-0.2, -0.15) is 11.8 Å². The quantitative estimate of drug-likeness (QED) is 0.734. The van der Waals surface area contributed by atoms with Crippen molar-refractivity contribution in [1.29, 1.82) is 0 Å². The summed E-state index contributed by atoms with van der Waals surface area (Å²) in [6.07, 6.45) is 7.78. The minimum Gasteiger partial charge on any atom is -0.329 e. The topological polar surface area (TPSA) is 29.3 Å². The predicted octanol–water partition coefficient (Wildman–Crippen LogP) is 1.80. The minimum atomic E-state index is 0.629. The van der Waals surface area contributed by atoms with Gasteiger partial charge in [0.25, 0.3) is 0 Å². The van der Waals surface area contributed by atoms with Crippen LogP contribution in [0, 0.1) is 5.92 Å². The normalized spacial score (nSPS) is 20.6. The summed E-state index contributed by atoms with van der Waals surface area (Å²) in [5.41, 5.74) is 5.88. The summed E-state index contributed by atoms with van der Waals surface area (Å²) in [5.74, 6) is 2.09. The van der Waals surface area contributed by atoms with Crippen LogP contribution in [0.4, 0.5) is 0 Å². The van der Waals surface area contributed by atoms with Crippen LogP contribution < -0.4 is 5.73 Å². The van der Waals surface area contributed by atoms with Crippen LogP contribution in [0.25, 0.3) is 0 Å². The van der Waals surface area contributed by atoms with E-state index < -0.39 is 0 Å². The molecule has 0 aromatic carbocycles. The molecule has 1 saturated carbocycles.